The van der Waals surface area contributed by atoms with Crippen LogP contribution in [-0.4, -0.2) is 32.8 Å². The van der Waals surface area contributed by atoms with Crippen molar-refractivity contribution in [1.82, 2.24) is 5.32 Å². The minimum atomic E-state index is -0.305. The van der Waals surface area contributed by atoms with Gasteiger partial charge in [-0.1, -0.05) is 12.1 Å². The van der Waals surface area contributed by atoms with Crippen molar-refractivity contribution in [1.29, 1.82) is 0 Å². The molecular formula is C15H21NO3. The van der Waals surface area contributed by atoms with Crippen LogP contribution in [0.25, 0.3) is 0 Å². The van der Waals surface area contributed by atoms with E-state index in [2.05, 4.69) is 5.32 Å². The van der Waals surface area contributed by atoms with Crippen molar-refractivity contribution < 1.29 is 14.3 Å². The number of hydrogen-bond acceptors (Lipinski definition) is 4. The highest BCUT2D eigenvalue weighted by Crippen LogP contribution is 2.13. The molecule has 1 aromatic rings. The van der Waals surface area contributed by atoms with Gasteiger partial charge in [0.1, 0.15) is 0 Å². The summed E-state index contributed by atoms with van der Waals surface area (Å²) in [6.07, 6.45) is 2.37. The Bertz CT molecular complexity index is 414. The molecule has 0 aromatic heterocycles. The van der Waals surface area contributed by atoms with Crippen LogP contribution in [0.4, 0.5) is 0 Å². The Morgan fingerprint density at radius 1 is 1.37 bits per heavy atom. The third kappa shape index (κ3) is 4.33. The Morgan fingerprint density at radius 3 is 2.89 bits per heavy atom. The predicted octanol–water partition coefficient (Wildman–Crippen LogP) is 1.99. The predicted molar refractivity (Wildman–Crippen MR) is 73.0 cm³/mol. The van der Waals surface area contributed by atoms with E-state index in [-0.39, 0.29) is 5.97 Å². The van der Waals surface area contributed by atoms with Crippen LogP contribution in [0.1, 0.15) is 28.8 Å². The lowest BCUT2D eigenvalue weighted by Gasteiger charge is -2.22. The number of methoxy groups -OCH3 is 1. The molecule has 0 saturated carbocycles. The molecule has 0 atom stereocenters. The molecule has 0 amide bonds. The van der Waals surface area contributed by atoms with Crippen molar-refractivity contribution in [3.63, 3.8) is 0 Å². The number of nitrogens with one attached hydrogen (secondary N) is 1. The second-order valence-electron chi connectivity index (χ2n) is 4.90. The summed E-state index contributed by atoms with van der Waals surface area (Å²) in [5, 5.41) is 3.34. The van der Waals surface area contributed by atoms with Gasteiger partial charge in [-0.25, -0.2) is 4.79 Å². The fraction of sp³-hybridized carbons (Fsp3) is 0.533. The molecule has 0 radical (unpaired) electrons. The molecule has 1 aliphatic heterocycles. The maximum Gasteiger partial charge on any atom is 0.337 e. The molecule has 0 aliphatic carbocycles. The van der Waals surface area contributed by atoms with Crippen LogP contribution < -0.4 is 5.32 Å². The van der Waals surface area contributed by atoms with Crippen LogP contribution in [0.3, 0.4) is 0 Å². The molecular weight excluding hydrogens is 242 g/mol. The Morgan fingerprint density at radius 2 is 2.16 bits per heavy atom. The third-order valence-electron chi connectivity index (χ3n) is 3.43. The number of esters is 1. The van der Waals surface area contributed by atoms with Crippen LogP contribution in [0.2, 0.25) is 0 Å². The van der Waals surface area contributed by atoms with E-state index in [0.717, 1.165) is 25.3 Å². The number of carbonyl (C=O) groups excluding carboxylic acids is 1. The molecule has 4 nitrogen and oxygen atoms in total. The summed E-state index contributed by atoms with van der Waals surface area (Å²) in [5.41, 5.74) is 1.59. The van der Waals surface area contributed by atoms with Gasteiger partial charge in [0.2, 0.25) is 0 Å². The minimum Gasteiger partial charge on any atom is -0.465 e. The van der Waals surface area contributed by atoms with Crippen LogP contribution in [0.15, 0.2) is 24.3 Å². The lowest BCUT2D eigenvalue weighted by molar-refractivity contribution is 0.0599. The zero-order valence-electron chi connectivity index (χ0n) is 11.4. The molecule has 1 N–H and O–H groups in total. The normalized spacial score (nSPS) is 16.3. The molecule has 1 heterocycles. The zero-order valence-corrected chi connectivity index (χ0v) is 11.4. The minimum absolute atomic E-state index is 0.305. The quantitative estimate of drug-likeness (QED) is 0.825. The lowest BCUT2D eigenvalue weighted by Crippen LogP contribution is -2.29. The van der Waals surface area contributed by atoms with E-state index in [1.807, 2.05) is 18.2 Å². The first-order valence-electron chi connectivity index (χ1n) is 6.75. The number of piperidine rings is 1. The molecule has 1 aliphatic rings. The van der Waals surface area contributed by atoms with Gasteiger partial charge in [0.15, 0.2) is 0 Å². The van der Waals surface area contributed by atoms with Crippen LogP contribution in [-0.2, 0) is 16.1 Å². The fourth-order valence-corrected chi connectivity index (χ4v) is 2.30. The van der Waals surface area contributed by atoms with Crippen LogP contribution in [0.5, 0.6) is 0 Å². The topological polar surface area (TPSA) is 47.6 Å². The van der Waals surface area contributed by atoms with E-state index < -0.39 is 0 Å². The summed E-state index contributed by atoms with van der Waals surface area (Å²) >= 11 is 0. The summed E-state index contributed by atoms with van der Waals surface area (Å²) in [4.78, 5) is 11.4. The van der Waals surface area contributed by atoms with Gasteiger partial charge in [0.25, 0.3) is 0 Å². The molecule has 104 valence electrons. The number of rotatable bonds is 5. The molecule has 1 fully saturated rings. The first kappa shape index (κ1) is 14.0. The Labute approximate surface area is 114 Å². The van der Waals surface area contributed by atoms with E-state index >= 15 is 0 Å². The van der Waals surface area contributed by atoms with Crippen molar-refractivity contribution in [2.24, 2.45) is 5.92 Å². The van der Waals surface area contributed by atoms with Crippen molar-refractivity contribution >= 4 is 5.97 Å². The van der Waals surface area contributed by atoms with Gasteiger partial charge in [-0.15, -0.1) is 0 Å². The molecule has 1 aromatic carbocycles. The highest BCUT2D eigenvalue weighted by molar-refractivity contribution is 5.89. The number of carbonyl (C=O) groups is 1. The van der Waals surface area contributed by atoms with Gasteiger partial charge < -0.3 is 14.8 Å². The summed E-state index contributed by atoms with van der Waals surface area (Å²) in [7, 11) is 1.39. The monoisotopic (exact) mass is 263 g/mol. The average molecular weight is 263 g/mol. The Balaban J connectivity index is 1.80. The van der Waals surface area contributed by atoms with E-state index in [4.69, 9.17) is 9.47 Å². The molecule has 19 heavy (non-hydrogen) atoms. The summed E-state index contributed by atoms with van der Waals surface area (Å²) in [6.45, 7) is 3.52. The average Bonchev–Trinajstić information content (AvgIpc) is 2.48. The second kappa shape index (κ2) is 7.26. The van der Waals surface area contributed by atoms with E-state index in [9.17, 15) is 4.79 Å². The Hall–Kier alpha value is -1.39. The number of ether oxygens (including phenoxy) is 2. The van der Waals surface area contributed by atoms with Gasteiger partial charge in [0.05, 0.1) is 19.3 Å². The van der Waals surface area contributed by atoms with E-state index in [1.165, 1.54) is 20.0 Å². The van der Waals surface area contributed by atoms with Crippen LogP contribution >= 0.6 is 0 Å². The van der Waals surface area contributed by atoms with Crippen LogP contribution in [0, 0.1) is 5.92 Å². The molecule has 0 bridgehead atoms. The molecule has 0 unspecified atom stereocenters. The first-order chi connectivity index (χ1) is 9.29. The SMILES string of the molecule is COC(=O)c1cccc(COCC2CCNCC2)c1. The molecule has 0 spiro atoms. The standard InChI is InChI=1S/C15H21NO3/c1-18-15(17)14-4-2-3-13(9-14)11-19-10-12-5-7-16-8-6-12/h2-4,9,12,16H,5-8,10-11H2,1H3. The fourth-order valence-electron chi connectivity index (χ4n) is 2.30. The van der Waals surface area contributed by atoms with E-state index in [1.54, 1.807) is 6.07 Å². The Kier molecular flexibility index (Phi) is 5.36. The second-order valence-corrected chi connectivity index (χ2v) is 4.90. The summed E-state index contributed by atoms with van der Waals surface area (Å²) < 4.78 is 10.5. The maximum atomic E-state index is 11.4. The number of hydrogen-bond donors (Lipinski definition) is 1. The van der Waals surface area contributed by atoms with E-state index in [0.29, 0.717) is 18.1 Å². The van der Waals surface area contributed by atoms with Gasteiger partial charge in [-0.05, 0) is 49.5 Å². The maximum absolute atomic E-state index is 11.4. The molecule has 2 rings (SSSR count). The highest BCUT2D eigenvalue weighted by atomic mass is 16.5. The molecule has 1 saturated heterocycles. The van der Waals surface area contributed by atoms with Crippen molar-refractivity contribution in [2.75, 3.05) is 26.8 Å². The lowest BCUT2D eigenvalue weighted by atomic mass is 9.99. The van der Waals surface area contributed by atoms with Crippen molar-refractivity contribution in [3.05, 3.63) is 35.4 Å². The number of benzene rings is 1. The first-order valence-corrected chi connectivity index (χ1v) is 6.75. The summed E-state index contributed by atoms with van der Waals surface area (Å²) in [5.74, 6) is 0.352. The largest absolute Gasteiger partial charge is 0.465 e. The summed E-state index contributed by atoms with van der Waals surface area (Å²) in [6, 6.07) is 7.40. The van der Waals surface area contributed by atoms with Gasteiger partial charge in [-0.2, -0.15) is 0 Å². The third-order valence-corrected chi connectivity index (χ3v) is 3.43. The molecule has 4 heteroatoms. The van der Waals surface area contributed by atoms with Gasteiger partial charge in [-0.3, -0.25) is 0 Å². The smallest absolute Gasteiger partial charge is 0.337 e. The van der Waals surface area contributed by atoms with Crippen molar-refractivity contribution in [2.45, 2.75) is 19.4 Å². The van der Waals surface area contributed by atoms with Gasteiger partial charge in [0, 0.05) is 6.61 Å². The van der Waals surface area contributed by atoms with Gasteiger partial charge >= 0.3 is 5.97 Å². The zero-order chi connectivity index (χ0) is 13.5. The highest BCUT2D eigenvalue weighted by Gasteiger charge is 2.13. The van der Waals surface area contributed by atoms with Crippen molar-refractivity contribution in [3.8, 4) is 0 Å².